The molecular formula is C16H25NO2. The molecule has 1 aliphatic heterocycles. The van der Waals surface area contributed by atoms with Crippen LogP contribution in [-0.2, 0) is 6.54 Å². The lowest BCUT2D eigenvalue weighted by Gasteiger charge is -2.31. The Hall–Kier alpha value is -1.22. The summed E-state index contributed by atoms with van der Waals surface area (Å²) in [6.45, 7) is 7.74. The number of rotatable bonds is 4. The van der Waals surface area contributed by atoms with Crippen LogP contribution < -0.4 is 9.47 Å². The third-order valence-electron chi connectivity index (χ3n) is 4.00. The largest absolute Gasteiger partial charge is 0.496 e. The molecule has 0 N–H and O–H groups in total. The Morgan fingerprint density at radius 2 is 2.05 bits per heavy atom. The zero-order chi connectivity index (χ0) is 13.8. The number of nitrogens with zero attached hydrogens (tertiary/aromatic N) is 1. The van der Waals surface area contributed by atoms with Gasteiger partial charge in [0.1, 0.15) is 11.5 Å². The van der Waals surface area contributed by atoms with Crippen LogP contribution in [0.3, 0.4) is 0 Å². The summed E-state index contributed by atoms with van der Waals surface area (Å²) < 4.78 is 10.9. The Morgan fingerprint density at radius 1 is 1.26 bits per heavy atom. The van der Waals surface area contributed by atoms with Crippen molar-refractivity contribution in [2.24, 2.45) is 5.92 Å². The van der Waals surface area contributed by atoms with Crippen LogP contribution in [0.1, 0.15) is 30.9 Å². The fourth-order valence-electron chi connectivity index (χ4n) is 3.03. The minimum absolute atomic E-state index is 0.805. The normalized spacial score (nSPS) is 20.3. The molecule has 1 aliphatic rings. The average molecular weight is 263 g/mol. The topological polar surface area (TPSA) is 21.7 Å². The molecule has 3 nitrogen and oxygen atoms in total. The van der Waals surface area contributed by atoms with Crippen molar-refractivity contribution in [3.8, 4) is 11.5 Å². The average Bonchev–Trinajstić information content (AvgIpc) is 2.39. The van der Waals surface area contributed by atoms with Gasteiger partial charge in [0.25, 0.3) is 0 Å². The minimum atomic E-state index is 0.805. The van der Waals surface area contributed by atoms with Gasteiger partial charge in [0.15, 0.2) is 0 Å². The lowest BCUT2D eigenvalue weighted by Crippen LogP contribution is -2.33. The molecule has 1 aromatic rings. The van der Waals surface area contributed by atoms with Crippen molar-refractivity contribution in [1.29, 1.82) is 0 Å². The number of hydrogen-bond donors (Lipinski definition) is 0. The molecule has 0 aromatic heterocycles. The van der Waals surface area contributed by atoms with E-state index in [9.17, 15) is 0 Å². The number of piperidine rings is 1. The van der Waals surface area contributed by atoms with Crippen LogP contribution in [0.4, 0.5) is 0 Å². The Bertz CT molecular complexity index is 431. The van der Waals surface area contributed by atoms with E-state index in [1.54, 1.807) is 14.2 Å². The molecule has 0 unspecified atom stereocenters. The van der Waals surface area contributed by atoms with Crippen LogP contribution in [-0.4, -0.2) is 32.2 Å². The molecular weight excluding hydrogens is 238 g/mol. The summed E-state index contributed by atoms with van der Waals surface area (Å²) in [7, 11) is 3.44. The van der Waals surface area contributed by atoms with E-state index < -0.39 is 0 Å². The molecule has 0 spiro atoms. The van der Waals surface area contributed by atoms with E-state index in [4.69, 9.17) is 9.47 Å². The lowest BCUT2D eigenvalue weighted by atomic mass is 9.99. The molecule has 2 rings (SSSR count). The summed E-state index contributed by atoms with van der Waals surface area (Å²) in [5, 5.41) is 0. The first kappa shape index (κ1) is 14.2. The first-order valence-corrected chi connectivity index (χ1v) is 7.08. The van der Waals surface area contributed by atoms with Gasteiger partial charge in [-0.25, -0.2) is 0 Å². The third kappa shape index (κ3) is 3.21. The van der Waals surface area contributed by atoms with E-state index >= 15 is 0 Å². The van der Waals surface area contributed by atoms with Crippen LogP contribution in [0.25, 0.3) is 0 Å². The summed E-state index contributed by atoms with van der Waals surface area (Å²) in [6.07, 6.45) is 2.66. The Labute approximate surface area is 116 Å². The summed E-state index contributed by atoms with van der Waals surface area (Å²) >= 11 is 0. The van der Waals surface area contributed by atoms with E-state index in [1.165, 1.54) is 31.5 Å². The van der Waals surface area contributed by atoms with Crippen molar-refractivity contribution in [1.82, 2.24) is 4.90 Å². The molecule has 19 heavy (non-hydrogen) atoms. The number of methoxy groups -OCH3 is 2. The second-order valence-electron chi connectivity index (χ2n) is 5.57. The van der Waals surface area contributed by atoms with E-state index in [0.29, 0.717) is 0 Å². The molecule has 1 heterocycles. The van der Waals surface area contributed by atoms with Crippen molar-refractivity contribution in [3.63, 3.8) is 0 Å². The third-order valence-corrected chi connectivity index (χ3v) is 4.00. The zero-order valence-electron chi connectivity index (χ0n) is 12.5. The smallest absolute Gasteiger partial charge is 0.129 e. The Kier molecular flexibility index (Phi) is 4.70. The number of hydrogen-bond acceptors (Lipinski definition) is 3. The first-order valence-electron chi connectivity index (χ1n) is 7.08. The second kappa shape index (κ2) is 6.29. The number of benzene rings is 1. The lowest BCUT2D eigenvalue weighted by molar-refractivity contribution is 0.175. The maximum atomic E-state index is 5.58. The van der Waals surface area contributed by atoms with Crippen LogP contribution in [0.15, 0.2) is 12.1 Å². The molecule has 0 radical (unpaired) electrons. The van der Waals surface area contributed by atoms with E-state index in [-0.39, 0.29) is 0 Å². The van der Waals surface area contributed by atoms with E-state index in [2.05, 4.69) is 24.8 Å². The predicted molar refractivity (Wildman–Crippen MR) is 78.0 cm³/mol. The van der Waals surface area contributed by atoms with Crippen molar-refractivity contribution in [2.75, 3.05) is 27.3 Å². The van der Waals surface area contributed by atoms with E-state index in [1.807, 2.05) is 6.07 Å². The van der Waals surface area contributed by atoms with Gasteiger partial charge in [0.05, 0.1) is 14.2 Å². The summed E-state index contributed by atoms with van der Waals surface area (Å²) in [5.74, 6) is 2.67. The van der Waals surface area contributed by atoms with Crippen LogP contribution in [0, 0.1) is 12.8 Å². The Morgan fingerprint density at radius 3 is 2.68 bits per heavy atom. The fraction of sp³-hybridized carbons (Fsp3) is 0.625. The monoisotopic (exact) mass is 263 g/mol. The van der Waals surface area contributed by atoms with Crippen molar-refractivity contribution in [3.05, 3.63) is 23.3 Å². The number of ether oxygens (including phenoxy) is 2. The van der Waals surface area contributed by atoms with Gasteiger partial charge in [-0.05, 0) is 38.3 Å². The van der Waals surface area contributed by atoms with Gasteiger partial charge in [-0.15, -0.1) is 0 Å². The quantitative estimate of drug-likeness (QED) is 0.832. The van der Waals surface area contributed by atoms with Gasteiger partial charge in [-0.1, -0.05) is 13.0 Å². The molecule has 1 atom stereocenters. The van der Waals surface area contributed by atoms with Gasteiger partial charge >= 0.3 is 0 Å². The van der Waals surface area contributed by atoms with Gasteiger partial charge in [0, 0.05) is 24.2 Å². The highest BCUT2D eigenvalue weighted by atomic mass is 16.5. The molecule has 0 aliphatic carbocycles. The van der Waals surface area contributed by atoms with Gasteiger partial charge in [-0.2, -0.15) is 0 Å². The predicted octanol–water partition coefficient (Wildman–Crippen LogP) is 3.24. The fourth-order valence-corrected chi connectivity index (χ4v) is 3.03. The van der Waals surface area contributed by atoms with Crippen molar-refractivity contribution in [2.45, 2.75) is 33.2 Å². The highest BCUT2D eigenvalue weighted by molar-refractivity contribution is 5.49. The van der Waals surface area contributed by atoms with E-state index in [0.717, 1.165) is 29.5 Å². The maximum absolute atomic E-state index is 5.58. The summed E-state index contributed by atoms with van der Waals surface area (Å²) in [5.41, 5.74) is 2.35. The zero-order valence-corrected chi connectivity index (χ0v) is 12.5. The van der Waals surface area contributed by atoms with Crippen molar-refractivity contribution < 1.29 is 9.47 Å². The van der Waals surface area contributed by atoms with Crippen LogP contribution in [0.2, 0.25) is 0 Å². The Balaban J connectivity index is 2.17. The second-order valence-corrected chi connectivity index (χ2v) is 5.57. The molecule has 1 aromatic carbocycles. The molecule has 1 saturated heterocycles. The SMILES string of the molecule is COc1ccc(CN2CCC[C@H](C)C2)c(OC)c1C. The molecule has 0 saturated carbocycles. The minimum Gasteiger partial charge on any atom is -0.496 e. The first-order chi connectivity index (χ1) is 9.15. The summed E-state index contributed by atoms with van der Waals surface area (Å²) in [4.78, 5) is 2.53. The highest BCUT2D eigenvalue weighted by Gasteiger charge is 2.19. The summed E-state index contributed by atoms with van der Waals surface area (Å²) in [6, 6.07) is 4.17. The van der Waals surface area contributed by atoms with Crippen LogP contribution in [0.5, 0.6) is 11.5 Å². The molecule has 3 heteroatoms. The van der Waals surface area contributed by atoms with Gasteiger partial charge < -0.3 is 9.47 Å². The maximum Gasteiger partial charge on any atom is 0.129 e. The van der Waals surface area contributed by atoms with Crippen molar-refractivity contribution >= 4 is 0 Å². The van der Waals surface area contributed by atoms with Crippen LogP contribution >= 0.6 is 0 Å². The molecule has 1 fully saturated rings. The molecule has 0 bridgehead atoms. The standard InChI is InChI=1S/C16H25NO2/c1-12-6-5-9-17(10-12)11-14-7-8-15(18-3)13(2)16(14)19-4/h7-8,12H,5-6,9-11H2,1-4H3/t12-/m0/s1. The van der Waals surface area contributed by atoms with Gasteiger partial charge in [0.2, 0.25) is 0 Å². The molecule has 0 amide bonds. The highest BCUT2D eigenvalue weighted by Crippen LogP contribution is 2.32. The number of likely N-dealkylation sites (tertiary alicyclic amines) is 1. The van der Waals surface area contributed by atoms with Gasteiger partial charge in [-0.3, -0.25) is 4.90 Å². The molecule has 106 valence electrons.